The number of phenols is 1. The van der Waals surface area contributed by atoms with Crippen LogP contribution in [-0.4, -0.2) is 23.4 Å². The maximum atomic E-state index is 10.8. The lowest BCUT2D eigenvalue weighted by atomic mass is 10.2. The highest BCUT2D eigenvalue weighted by Crippen LogP contribution is 2.33. The molecule has 0 radical (unpaired) electrons. The molecule has 0 unspecified atom stereocenters. The number of nitrogens with zero attached hydrogens (tertiary/aromatic N) is 2. The van der Waals surface area contributed by atoms with Gasteiger partial charge in [-0.1, -0.05) is 18.2 Å². The molecule has 0 amide bonds. The lowest BCUT2D eigenvalue weighted by molar-refractivity contribution is -0.385. The first-order valence-electron chi connectivity index (χ1n) is 6.01. The topological polar surface area (TPSA) is 97.0 Å². The number of hydrogen-bond donors (Lipinski definition) is 2. The molecule has 2 aromatic carbocycles. The summed E-state index contributed by atoms with van der Waals surface area (Å²) in [6.45, 7) is 0. The molecular formula is C14H13N3O4. The summed E-state index contributed by atoms with van der Waals surface area (Å²) in [4.78, 5) is 10.3. The molecule has 21 heavy (non-hydrogen) atoms. The van der Waals surface area contributed by atoms with Gasteiger partial charge in [-0.2, -0.15) is 5.10 Å². The average molecular weight is 287 g/mol. The van der Waals surface area contributed by atoms with Gasteiger partial charge in [-0.3, -0.25) is 15.5 Å². The van der Waals surface area contributed by atoms with Crippen molar-refractivity contribution in [1.82, 2.24) is 0 Å². The number of non-ortho nitro benzene ring substituents is 1. The number of ether oxygens (including phenoxy) is 1. The molecule has 0 fully saturated rings. The van der Waals surface area contributed by atoms with Gasteiger partial charge in [0, 0.05) is 11.6 Å². The van der Waals surface area contributed by atoms with Crippen molar-refractivity contribution in [3.8, 4) is 11.5 Å². The molecule has 0 saturated carbocycles. The van der Waals surface area contributed by atoms with Crippen LogP contribution in [0.2, 0.25) is 0 Å². The molecule has 108 valence electrons. The number of hydrogen-bond acceptors (Lipinski definition) is 6. The standard InChI is InChI=1S/C14H13N3O4/c1-21-13-8-12(17(19)20)7-10(14(13)18)9-15-16-11-5-3-2-4-6-11/h2-9,16,18H,1H3/b15-9+. The fourth-order valence-electron chi connectivity index (χ4n) is 1.66. The minimum Gasteiger partial charge on any atom is -0.504 e. The third-order valence-electron chi connectivity index (χ3n) is 2.69. The molecule has 0 aromatic heterocycles. The van der Waals surface area contributed by atoms with E-state index in [0.717, 1.165) is 11.8 Å². The lowest BCUT2D eigenvalue weighted by Gasteiger charge is -2.06. The van der Waals surface area contributed by atoms with Crippen molar-refractivity contribution in [2.45, 2.75) is 0 Å². The maximum Gasteiger partial charge on any atom is 0.274 e. The molecule has 0 aliphatic rings. The van der Waals surface area contributed by atoms with Crippen molar-refractivity contribution >= 4 is 17.6 Å². The number of rotatable bonds is 5. The zero-order valence-electron chi connectivity index (χ0n) is 11.2. The van der Waals surface area contributed by atoms with Gasteiger partial charge in [-0.15, -0.1) is 0 Å². The molecule has 7 nitrogen and oxygen atoms in total. The summed E-state index contributed by atoms with van der Waals surface area (Å²) in [5, 5.41) is 24.7. The van der Waals surface area contributed by atoms with Crippen molar-refractivity contribution in [2.24, 2.45) is 5.10 Å². The van der Waals surface area contributed by atoms with Gasteiger partial charge < -0.3 is 9.84 Å². The van der Waals surface area contributed by atoms with Gasteiger partial charge in [-0.05, 0) is 12.1 Å². The minimum absolute atomic E-state index is 0.0189. The Morgan fingerprint density at radius 1 is 1.33 bits per heavy atom. The fraction of sp³-hybridized carbons (Fsp3) is 0.0714. The van der Waals surface area contributed by atoms with Crippen LogP contribution in [0, 0.1) is 10.1 Å². The first-order chi connectivity index (χ1) is 10.1. The number of nitro benzene ring substituents is 1. The van der Waals surface area contributed by atoms with E-state index in [9.17, 15) is 15.2 Å². The van der Waals surface area contributed by atoms with E-state index in [-0.39, 0.29) is 22.7 Å². The van der Waals surface area contributed by atoms with Crippen LogP contribution < -0.4 is 10.2 Å². The molecule has 7 heteroatoms. The van der Waals surface area contributed by atoms with E-state index < -0.39 is 4.92 Å². The van der Waals surface area contributed by atoms with E-state index in [1.165, 1.54) is 19.4 Å². The highest BCUT2D eigenvalue weighted by molar-refractivity contribution is 5.86. The van der Waals surface area contributed by atoms with Gasteiger partial charge in [0.1, 0.15) is 0 Å². The van der Waals surface area contributed by atoms with Gasteiger partial charge in [-0.25, -0.2) is 0 Å². The molecule has 2 aromatic rings. The lowest BCUT2D eigenvalue weighted by Crippen LogP contribution is -1.96. The number of nitro groups is 1. The third kappa shape index (κ3) is 3.47. The molecule has 0 heterocycles. The summed E-state index contributed by atoms with van der Waals surface area (Å²) in [5.74, 6) is -0.188. The second-order valence-electron chi connectivity index (χ2n) is 4.08. The number of hydrazone groups is 1. The number of aromatic hydroxyl groups is 1. The molecule has 0 atom stereocenters. The Hall–Kier alpha value is -3.09. The van der Waals surface area contributed by atoms with Crippen molar-refractivity contribution in [3.63, 3.8) is 0 Å². The Morgan fingerprint density at radius 2 is 2.05 bits per heavy atom. The molecule has 2 rings (SSSR count). The summed E-state index contributed by atoms with van der Waals surface area (Å²) >= 11 is 0. The first-order valence-corrected chi connectivity index (χ1v) is 6.01. The molecule has 2 N–H and O–H groups in total. The number of para-hydroxylation sites is 1. The minimum atomic E-state index is -0.566. The highest BCUT2D eigenvalue weighted by Gasteiger charge is 2.15. The van der Waals surface area contributed by atoms with Gasteiger partial charge in [0.05, 0.1) is 30.0 Å². The van der Waals surface area contributed by atoms with Crippen LogP contribution in [-0.2, 0) is 0 Å². The Labute approximate surface area is 120 Å². The van der Waals surface area contributed by atoms with Crippen LogP contribution in [0.4, 0.5) is 11.4 Å². The second-order valence-corrected chi connectivity index (χ2v) is 4.08. The predicted octanol–water partition coefficient (Wildman–Crippen LogP) is 2.76. The van der Waals surface area contributed by atoms with Gasteiger partial charge in [0.15, 0.2) is 11.5 Å². The molecule has 0 saturated heterocycles. The first kappa shape index (κ1) is 14.3. The van der Waals surface area contributed by atoms with Crippen LogP contribution in [0.25, 0.3) is 0 Å². The Bertz CT molecular complexity index is 671. The van der Waals surface area contributed by atoms with E-state index in [1.807, 2.05) is 30.3 Å². The van der Waals surface area contributed by atoms with E-state index in [4.69, 9.17) is 4.74 Å². The molecule has 0 aliphatic heterocycles. The molecule has 0 bridgehead atoms. The van der Waals surface area contributed by atoms with Crippen molar-refractivity contribution in [3.05, 3.63) is 58.1 Å². The van der Waals surface area contributed by atoms with Gasteiger partial charge in [0.2, 0.25) is 0 Å². The van der Waals surface area contributed by atoms with E-state index in [2.05, 4.69) is 10.5 Å². The summed E-state index contributed by atoms with van der Waals surface area (Å²) < 4.78 is 4.90. The van der Waals surface area contributed by atoms with E-state index in [1.54, 1.807) is 0 Å². The number of anilines is 1. The second kappa shape index (κ2) is 6.38. The van der Waals surface area contributed by atoms with Crippen LogP contribution in [0.5, 0.6) is 11.5 Å². The smallest absolute Gasteiger partial charge is 0.274 e. The third-order valence-corrected chi connectivity index (χ3v) is 2.69. The van der Waals surface area contributed by atoms with Crippen LogP contribution in [0.3, 0.4) is 0 Å². The summed E-state index contributed by atoms with van der Waals surface area (Å²) in [5.41, 5.74) is 3.51. The fourth-order valence-corrected chi connectivity index (χ4v) is 1.66. The number of benzene rings is 2. The zero-order chi connectivity index (χ0) is 15.2. The Kier molecular flexibility index (Phi) is 4.35. The Balaban J connectivity index is 2.26. The average Bonchev–Trinajstić information content (AvgIpc) is 2.49. The normalized spacial score (nSPS) is 10.5. The molecule has 0 spiro atoms. The van der Waals surface area contributed by atoms with Gasteiger partial charge >= 0.3 is 0 Å². The van der Waals surface area contributed by atoms with Crippen LogP contribution >= 0.6 is 0 Å². The zero-order valence-corrected chi connectivity index (χ0v) is 11.2. The summed E-state index contributed by atoms with van der Waals surface area (Å²) in [6.07, 6.45) is 1.29. The van der Waals surface area contributed by atoms with Crippen LogP contribution in [0.15, 0.2) is 47.6 Å². The van der Waals surface area contributed by atoms with Crippen LogP contribution in [0.1, 0.15) is 5.56 Å². The van der Waals surface area contributed by atoms with E-state index in [0.29, 0.717) is 0 Å². The maximum absolute atomic E-state index is 10.8. The largest absolute Gasteiger partial charge is 0.504 e. The summed E-state index contributed by atoms with van der Waals surface area (Å²) in [6, 6.07) is 11.5. The SMILES string of the molecule is COc1cc([N+](=O)[O-])cc(/C=N/Nc2ccccc2)c1O. The number of nitrogens with one attached hydrogen (secondary N) is 1. The highest BCUT2D eigenvalue weighted by atomic mass is 16.6. The number of methoxy groups -OCH3 is 1. The van der Waals surface area contributed by atoms with Crippen molar-refractivity contribution in [2.75, 3.05) is 12.5 Å². The number of phenolic OH excluding ortho intramolecular Hbond substituents is 1. The quantitative estimate of drug-likeness (QED) is 0.500. The molecule has 0 aliphatic carbocycles. The summed E-state index contributed by atoms with van der Waals surface area (Å²) in [7, 11) is 1.32. The van der Waals surface area contributed by atoms with E-state index >= 15 is 0 Å². The predicted molar refractivity (Wildman–Crippen MR) is 79.0 cm³/mol. The van der Waals surface area contributed by atoms with Crippen molar-refractivity contribution in [1.29, 1.82) is 0 Å². The Morgan fingerprint density at radius 3 is 2.67 bits per heavy atom. The van der Waals surface area contributed by atoms with Gasteiger partial charge in [0.25, 0.3) is 5.69 Å². The molecular weight excluding hydrogens is 274 g/mol. The van der Waals surface area contributed by atoms with Crippen molar-refractivity contribution < 1.29 is 14.8 Å². The monoisotopic (exact) mass is 287 g/mol.